The summed E-state index contributed by atoms with van der Waals surface area (Å²) in [4.78, 5) is 14.5. The number of aryl methyl sites for hydroxylation is 1. The van der Waals surface area contributed by atoms with Crippen LogP contribution >= 0.6 is 0 Å². The number of benzene rings is 1. The number of nitrogens with zero attached hydrogens (tertiary/aromatic N) is 1. The van der Waals surface area contributed by atoms with E-state index in [1.807, 2.05) is 0 Å². The summed E-state index contributed by atoms with van der Waals surface area (Å²) in [6.45, 7) is 2.12. The summed E-state index contributed by atoms with van der Waals surface area (Å²) in [5, 5.41) is 13.4. The molecule has 2 fully saturated rings. The van der Waals surface area contributed by atoms with E-state index in [0.29, 0.717) is 12.8 Å². The SMILES string of the molecule is O=C(CCc1ccc(F)cc1)N[C@@H]1CC[C@@H](N2CCCC2)[C@@H]1O. The van der Waals surface area contributed by atoms with Crippen LogP contribution in [0.15, 0.2) is 24.3 Å². The van der Waals surface area contributed by atoms with Gasteiger partial charge in [0.15, 0.2) is 0 Å². The molecule has 0 spiro atoms. The van der Waals surface area contributed by atoms with E-state index in [1.165, 1.54) is 25.0 Å². The molecule has 1 aliphatic heterocycles. The predicted octanol–water partition coefficient (Wildman–Crippen LogP) is 1.86. The van der Waals surface area contributed by atoms with Gasteiger partial charge in [0.25, 0.3) is 0 Å². The average Bonchev–Trinajstić information content (AvgIpc) is 3.18. The van der Waals surface area contributed by atoms with Gasteiger partial charge in [0.2, 0.25) is 5.91 Å². The van der Waals surface area contributed by atoms with Crippen LogP contribution < -0.4 is 5.32 Å². The van der Waals surface area contributed by atoms with Gasteiger partial charge < -0.3 is 10.4 Å². The molecule has 0 bridgehead atoms. The third-order valence-electron chi connectivity index (χ3n) is 5.09. The Hall–Kier alpha value is -1.46. The summed E-state index contributed by atoms with van der Waals surface area (Å²) < 4.78 is 12.9. The molecule has 3 rings (SSSR count). The van der Waals surface area contributed by atoms with Gasteiger partial charge in [0.1, 0.15) is 5.82 Å². The van der Waals surface area contributed by atoms with Crippen LogP contribution in [0.3, 0.4) is 0 Å². The average molecular weight is 320 g/mol. The van der Waals surface area contributed by atoms with Gasteiger partial charge in [-0.2, -0.15) is 0 Å². The molecule has 1 aromatic rings. The van der Waals surface area contributed by atoms with Crippen LogP contribution in [0.2, 0.25) is 0 Å². The first kappa shape index (κ1) is 16.4. The molecule has 0 unspecified atom stereocenters. The van der Waals surface area contributed by atoms with Crippen molar-refractivity contribution in [3.63, 3.8) is 0 Å². The maximum Gasteiger partial charge on any atom is 0.220 e. The van der Waals surface area contributed by atoms with Gasteiger partial charge in [0.05, 0.1) is 12.1 Å². The van der Waals surface area contributed by atoms with Crippen molar-refractivity contribution in [2.24, 2.45) is 0 Å². The molecular weight excluding hydrogens is 295 g/mol. The van der Waals surface area contributed by atoms with Gasteiger partial charge in [-0.25, -0.2) is 4.39 Å². The van der Waals surface area contributed by atoms with Crippen molar-refractivity contribution >= 4 is 5.91 Å². The van der Waals surface area contributed by atoms with E-state index < -0.39 is 6.10 Å². The molecule has 2 N–H and O–H groups in total. The topological polar surface area (TPSA) is 52.6 Å². The first-order chi connectivity index (χ1) is 11.1. The summed E-state index contributed by atoms with van der Waals surface area (Å²) in [5.41, 5.74) is 0.948. The van der Waals surface area contributed by atoms with Crippen LogP contribution in [0, 0.1) is 5.82 Å². The normalized spacial score (nSPS) is 28.2. The predicted molar refractivity (Wildman–Crippen MR) is 86.5 cm³/mol. The quantitative estimate of drug-likeness (QED) is 0.871. The number of hydrogen-bond acceptors (Lipinski definition) is 3. The minimum atomic E-state index is -0.470. The molecule has 5 heteroatoms. The maximum absolute atomic E-state index is 12.9. The number of likely N-dealkylation sites (tertiary alicyclic amines) is 1. The fraction of sp³-hybridized carbons (Fsp3) is 0.611. The van der Waals surface area contributed by atoms with Crippen LogP contribution in [0.5, 0.6) is 0 Å². The van der Waals surface area contributed by atoms with Crippen molar-refractivity contribution in [2.45, 2.75) is 56.7 Å². The molecule has 4 nitrogen and oxygen atoms in total. The molecule has 1 saturated carbocycles. The second kappa shape index (κ2) is 7.41. The minimum absolute atomic E-state index is 0.0413. The monoisotopic (exact) mass is 320 g/mol. The maximum atomic E-state index is 12.9. The van der Waals surface area contributed by atoms with Crippen LogP contribution in [-0.4, -0.2) is 47.2 Å². The second-order valence-corrected chi connectivity index (χ2v) is 6.68. The van der Waals surface area contributed by atoms with Crippen LogP contribution in [-0.2, 0) is 11.2 Å². The highest BCUT2D eigenvalue weighted by molar-refractivity contribution is 5.76. The Kier molecular flexibility index (Phi) is 5.28. The zero-order chi connectivity index (χ0) is 16.2. The van der Waals surface area contributed by atoms with Crippen molar-refractivity contribution in [3.05, 3.63) is 35.6 Å². The number of carbonyl (C=O) groups is 1. The fourth-order valence-corrected chi connectivity index (χ4v) is 3.78. The standard InChI is InChI=1S/C18H25FN2O2/c19-14-6-3-13(4-7-14)5-10-17(22)20-15-8-9-16(18(15)23)21-11-1-2-12-21/h3-4,6-7,15-16,18,23H,1-2,5,8-12H2,(H,20,22)/t15-,16-,18-/m1/s1. The Bertz CT molecular complexity index is 528. The molecule has 0 aromatic heterocycles. The van der Waals surface area contributed by atoms with E-state index in [9.17, 15) is 14.3 Å². The smallest absolute Gasteiger partial charge is 0.220 e. The van der Waals surface area contributed by atoms with Gasteiger partial charge in [-0.15, -0.1) is 0 Å². The first-order valence-electron chi connectivity index (χ1n) is 8.59. The number of nitrogens with one attached hydrogen (secondary N) is 1. The highest BCUT2D eigenvalue weighted by Crippen LogP contribution is 2.27. The van der Waals surface area contributed by atoms with Gasteiger partial charge in [-0.05, 0) is 62.9 Å². The molecular formula is C18H25FN2O2. The highest BCUT2D eigenvalue weighted by atomic mass is 19.1. The van der Waals surface area contributed by atoms with E-state index >= 15 is 0 Å². The minimum Gasteiger partial charge on any atom is -0.389 e. The van der Waals surface area contributed by atoms with Crippen LogP contribution in [0.25, 0.3) is 0 Å². The molecule has 1 amide bonds. The Morgan fingerprint density at radius 1 is 1.22 bits per heavy atom. The molecule has 0 radical (unpaired) electrons. The Morgan fingerprint density at radius 2 is 1.91 bits per heavy atom. The Balaban J connectivity index is 1.45. The molecule has 1 heterocycles. The largest absolute Gasteiger partial charge is 0.389 e. The molecule has 2 aliphatic rings. The third kappa shape index (κ3) is 4.09. The molecule has 1 aliphatic carbocycles. The van der Waals surface area contributed by atoms with E-state index in [4.69, 9.17) is 0 Å². The molecule has 1 saturated heterocycles. The summed E-state index contributed by atoms with van der Waals surface area (Å²) in [5.74, 6) is -0.305. The summed E-state index contributed by atoms with van der Waals surface area (Å²) in [6.07, 6.45) is 4.68. The van der Waals surface area contributed by atoms with Gasteiger partial charge >= 0.3 is 0 Å². The fourth-order valence-electron chi connectivity index (χ4n) is 3.78. The lowest BCUT2D eigenvalue weighted by atomic mass is 10.1. The Morgan fingerprint density at radius 3 is 2.61 bits per heavy atom. The van der Waals surface area contributed by atoms with Crippen molar-refractivity contribution in [1.29, 1.82) is 0 Å². The lowest BCUT2D eigenvalue weighted by Crippen LogP contribution is -2.47. The summed E-state index contributed by atoms with van der Waals surface area (Å²) in [6, 6.07) is 6.29. The number of rotatable bonds is 5. The zero-order valence-electron chi connectivity index (χ0n) is 13.4. The summed E-state index contributed by atoms with van der Waals surface area (Å²) in [7, 11) is 0. The number of aliphatic hydroxyl groups is 1. The van der Waals surface area contributed by atoms with Crippen LogP contribution in [0.1, 0.15) is 37.7 Å². The van der Waals surface area contributed by atoms with Crippen molar-refractivity contribution in [1.82, 2.24) is 10.2 Å². The second-order valence-electron chi connectivity index (χ2n) is 6.68. The van der Waals surface area contributed by atoms with E-state index in [-0.39, 0.29) is 23.8 Å². The van der Waals surface area contributed by atoms with Gasteiger partial charge in [-0.3, -0.25) is 9.69 Å². The van der Waals surface area contributed by atoms with Crippen molar-refractivity contribution in [3.8, 4) is 0 Å². The lowest BCUT2D eigenvalue weighted by Gasteiger charge is -2.28. The Labute approximate surface area is 136 Å². The van der Waals surface area contributed by atoms with E-state index in [2.05, 4.69) is 10.2 Å². The lowest BCUT2D eigenvalue weighted by molar-refractivity contribution is -0.122. The van der Waals surface area contributed by atoms with Crippen molar-refractivity contribution in [2.75, 3.05) is 13.1 Å². The zero-order valence-corrected chi connectivity index (χ0v) is 13.4. The molecule has 126 valence electrons. The first-order valence-corrected chi connectivity index (χ1v) is 8.59. The molecule has 3 atom stereocenters. The molecule has 23 heavy (non-hydrogen) atoms. The van der Waals surface area contributed by atoms with E-state index in [0.717, 1.165) is 31.5 Å². The van der Waals surface area contributed by atoms with E-state index in [1.54, 1.807) is 12.1 Å². The highest BCUT2D eigenvalue weighted by Gasteiger charge is 2.39. The third-order valence-corrected chi connectivity index (χ3v) is 5.09. The number of aliphatic hydroxyl groups excluding tert-OH is 1. The van der Waals surface area contributed by atoms with Crippen LogP contribution in [0.4, 0.5) is 4.39 Å². The number of carbonyl (C=O) groups excluding carboxylic acids is 1. The number of amides is 1. The van der Waals surface area contributed by atoms with Gasteiger partial charge in [-0.1, -0.05) is 12.1 Å². The van der Waals surface area contributed by atoms with Crippen molar-refractivity contribution < 1.29 is 14.3 Å². The number of halogens is 1. The summed E-state index contributed by atoms with van der Waals surface area (Å²) >= 11 is 0. The number of hydrogen-bond donors (Lipinski definition) is 2. The molecule has 1 aromatic carbocycles. The van der Waals surface area contributed by atoms with Gasteiger partial charge in [0, 0.05) is 12.5 Å².